The number of aromatic amines is 1. The number of fused-ring (bicyclic) bond motifs is 1. The smallest absolute Gasteiger partial charge is 0.244 e. The number of hydrogen-bond donors (Lipinski definition) is 2. The zero-order valence-electron chi connectivity index (χ0n) is 12.8. The minimum Gasteiger partial charge on any atom is -0.338 e. The van der Waals surface area contributed by atoms with Crippen LogP contribution in [-0.2, 0) is 14.6 Å². The first-order chi connectivity index (χ1) is 9.79. The molecule has 2 unspecified atom stereocenters. The van der Waals surface area contributed by atoms with Crippen LogP contribution in [0.1, 0.15) is 32.5 Å². The van der Waals surface area contributed by atoms with Crippen LogP contribution in [0.15, 0.2) is 0 Å². The Bertz CT molecular complexity index is 610. The molecule has 0 radical (unpaired) electrons. The highest BCUT2D eigenvalue weighted by Crippen LogP contribution is 2.30. The van der Waals surface area contributed by atoms with E-state index in [1.807, 2.05) is 0 Å². The van der Waals surface area contributed by atoms with Crippen LogP contribution < -0.4 is 10.2 Å². The van der Waals surface area contributed by atoms with E-state index in [4.69, 9.17) is 0 Å². The maximum Gasteiger partial charge on any atom is 0.244 e. The van der Waals surface area contributed by atoms with Gasteiger partial charge in [0.15, 0.2) is 9.84 Å². The highest BCUT2D eigenvalue weighted by molar-refractivity contribution is 7.91. The molecule has 0 bridgehead atoms. The van der Waals surface area contributed by atoms with Gasteiger partial charge in [0.05, 0.1) is 0 Å². The Morgan fingerprint density at radius 3 is 2.76 bits per heavy atom. The van der Waals surface area contributed by atoms with Crippen LogP contribution in [0, 0.1) is 5.92 Å². The molecule has 1 aromatic rings. The Balaban J connectivity index is 1.80. The predicted molar refractivity (Wildman–Crippen MR) is 81.0 cm³/mol. The molecular weight excluding hydrogens is 290 g/mol. The van der Waals surface area contributed by atoms with Crippen molar-refractivity contribution < 1.29 is 8.42 Å². The van der Waals surface area contributed by atoms with Crippen LogP contribution in [0.5, 0.6) is 0 Å². The van der Waals surface area contributed by atoms with E-state index in [9.17, 15) is 8.42 Å². The van der Waals surface area contributed by atoms with Crippen LogP contribution in [0.3, 0.4) is 0 Å². The first kappa shape index (κ1) is 14.8. The summed E-state index contributed by atoms with van der Waals surface area (Å²) in [5.41, 5.74) is 0. The lowest BCUT2D eigenvalue weighted by Gasteiger charge is -2.24. The molecule has 0 aromatic carbocycles. The number of piperidine rings is 1. The van der Waals surface area contributed by atoms with Crippen molar-refractivity contribution in [2.24, 2.45) is 5.92 Å². The number of hydrogen-bond acceptors (Lipinski definition) is 6. The second kappa shape index (κ2) is 4.95. The molecule has 2 saturated heterocycles. The zero-order valence-corrected chi connectivity index (χ0v) is 13.6. The van der Waals surface area contributed by atoms with E-state index in [-0.39, 0.29) is 0 Å². The molecule has 8 heteroatoms. The molecule has 2 N–H and O–H groups in total. The molecule has 0 amide bonds. The lowest BCUT2D eigenvalue weighted by molar-refractivity contribution is 0.340. The summed E-state index contributed by atoms with van der Waals surface area (Å²) in [6.07, 6.45) is 3.68. The largest absolute Gasteiger partial charge is 0.338 e. The number of anilines is 1. The van der Waals surface area contributed by atoms with Crippen LogP contribution >= 0.6 is 0 Å². The van der Waals surface area contributed by atoms with E-state index >= 15 is 0 Å². The Morgan fingerprint density at radius 2 is 2.10 bits per heavy atom. The Kier molecular flexibility index (Phi) is 3.48. The summed E-state index contributed by atoms with van der Waals surface area (Å²) in [5.74, 6) is 1.66. The monoisotopic (exact) mass is 313 g/mol. The fourth-order valence-electron chi connectivity index (χ4n) is 3.05. The Morgan fingerprint density at radius 1 is 1.33 bits per heavy atom. The number of sulfone groups is 1. The molecule has 3 heterocycles. The molecule has 2 aliphatic heterocycles. The van der Waals surface area contributed by atoms with Gasteiger partial charge in [-0.05, 0) is 39.2 Å². The van der Waals surface area contributed by atoms with Gasteiger partial charge in [-0.2, -0.15) is 4.98 Å². The summed E-state index contributed by atoms with van der Waals surface area (Å²) in [7, 11) is -3.25. The number of H-pyrrole nitrogens is 1. The lowest BCUT2D eigenvalue weighted by Crippen LogP contribution is -2.40. The van der Waals surface area contributed by atoms with Crippen molar-refractivity contribution >= 4 is 15.8 Å². The third-order valence-corrected chi connectivity index (χ3v) is 6.90. The van der Waals surface area contributed by atoms with Crippen LogP contribution in [-0.4, -0.2) is 55.5 Å². The van der Waals surface area contributed by atoms with Gasteiger partial charge in [0.2, 0.25) is 5.95 Å². The van der Waals surface area contributed by atoms with E-state index < -0.39 is 14.6 Å². The minimum atomic E-state index is -3.25. The molecule has 2 fully saturated rings. The molecule has 118 valence electrons. The maximum atomic E-state index is 11.9. The average molecular weight is 313 g/mol. The molecule has 0 spiro atoms. The van der Waals surface area contributed by atoms with Crippen molar-refractivity contribution in [2.45, 2.75) is 37.5 Å². The van der Waals surface area contributed by atoms with E-state index in [0.29, 0.717) is 23.7 Å². The van der Waals surface area contributed by atoms with Crippen molar-refractivity contribution in [2.75, 3.05) is 30.8 Å². The standard InChI is InChI=1S/C13H23N5O2S/c1-13(2,21(3,19)20)11-15-12(17-16-11)18-7-9-5-4-6-14-10(9)8-18/h9-10,14H,4-8H2,1-3H3,(H,15,16,17). The van der Waals surface area contributed by atoms with E-state index in [2.05, 4.69) is 25.4 Å². The molecule has 3 rings (SSSR count). The molecular formula is C13H23N5O2S. The molecule has 7 nitrogen and oxygen atoms in total. The van der Waals surface area contributed by atoms with Gasteiger partial charge in [-0.25, -0.2) is 8.42 Å². The Hall–Kier alpha value is -1.15. The fourth-order valence-corrected chi connectivity index (χ4v) is 3.49. The van der Waals surface area contributed by atoms with Gasteiger partial charge in [0.25, 0.3) is 0 Å². The number of nitrogens with zero attached hydrogens (tertiary/aromatic N) is 3. The summed E-state index contributed by atoms with van der Waals surface area (Å²) in [5, 5.41) is 10.6. The zero-order chi connectivity index (χ0) is 15.3. The average Bonchev–Trinajstić information content (AvgIpc) is 3.04. The molecule has 21 heavy (non-hydrogen) atoms. The molecule has 2 atom stereocenters. The second-order valence-corrected chi connectivity index (χ2v) is 9.20. The van der Waals surface area contributed by atoms with E-state index in [1.165, 1.54) is 19.1 Å². The van der Waals surface area contributed by atoms with Gasteiger partial charge >= 0.3 is 0 Å². The van der Waals surface area contributed by atoms with Gasteiger partial charge in [-0.3, -0.25) is 5.10 Å². The van der Waals surface area contributed by atoms with E-state index in [0.717, 1.165) is 19.6 Å². The number of nitrogens with one attached hydrogen (secondary N) is 2. The summed E-state index contributed by atoms with van der Waals surface area (Å²) >= 11 is 0. The van der Waals surface area contributed by atoms with Gasteiger partial charge in [0.1, 0.15) is 10.6 Å². The minimum absolute atomic E-state index is 0.405. The predicted octanol–water partition coefficient (Wildman–Crippen LogP) is 0.273. The van der Waals surface area contributed by atoms with Crippen molar-refractivity contribution in [3.63, 3.8) is 0 Å². The van der Waals surface area contributed by atoms with Crippen LogP contribution in [0.4, 0.5) is 5.95 Å². The number of aromatic nitrogens is 3. The quantitative estimate of drug-likeness (QED) is 0.832. The molecule has 0 saturated carbocycles. The Labute approximate surface area is 125 Å². The highest BCUT2D eigenvalue weighted by atomic mass is 32.2. The van der Waals surface area contributed by atoms with Crippen molar-refractivity contribution in [3.05, 3.63) is 5.82 Å². The first-order valence-electron chi connectivity index (χ1n) is 7.40. The first-order valence-corrected chi connectivity index (χ1v) is 9.29. The molecule has 2 aliphatic rings. The second-order valence-electron chi connectivity index (χ2n) is 6.63. The van der Waals surface area contributed by atoms with Crippen molar-refractivity contribution in [1.82, 2.24) is 20.5 Å². The highest BCUT2D eigenvalue weighted by Gasteiger charge is 2.39. The van der Waals surface area contributed by atoms with Gasteiger partial charge in [-0.1, -0.05) is 0 Å². The number of rotatable bonds is 3. The summed E-state index contributed by atoms with van der Waals surface area (Å²) in [6.45, 7) is 6.21. The normalized spacial score (nSPS) is 26.9. The molecule has 0 aliphatic carbocycles. The van der Waals surface area contributed by atoms with Gasteiger partial charge < -0.3 is 10.2 Å². The lowest BCUT2D eigenvalue weighted by atomic mass is 9.94. The van der Waals surface area contributed by atoms with Crippen LogP contribution in [0.25, 0.3) is 0 Å². The topological polar surface area (TPSA) is 91.0 Å². The third kappa shape index (κ3) is 2.55. The van der Waals surface area contributed by atoms with Gasteiger partial charge in [0, 0.05) is 25.4 Å². The fraction of sp³-hybridized carbons (Fsp3) is 0.846. The molecule has 1 aromatic heterocycles. The van der Waals surface area contributed by atoms with E-state index in [1.54, 1.807) is 13.8 Å². The van der Waals surface area contributed by atoms with Crippen LogP contribution in [0.2, 0.25) is 0 Å². The maximum absolute atomic E-state index is 11.9. The summed E-state index contributed by atoms with van der Waals surface area (Å²) in [4.78, 5) is 6.59. The summed E-state index contributed by atoms with van der Waals surface area (Å²) in [6, 6.07) is 0.503. The van der Waals surface area contributed by atoms with Gasteiger partial charge in [-0.15, -0.1) is 5.10 Å². The van der Waals surface area contributed by atoms with Crippen molar-refractivity contribution in [3.8, 4) is 0 Å². The SMILES string of the molecule is CC(C)(c1nc(N2CC3CCCNC3C2)n[nH]1)S(C)(=O)=O. The van der Waals surface area contributed by atoms with Crippen molar-refractivity contribution in [1.29, 1.82) is 0 Å². The summed E-state index contributed by atoms with van der Waals surface area (Å²) < 4.78 is 22.7. The third-order valence-electron chi connectivity index (χ3n) is 4.85.